The molecule has 2 heterocycles. The van der Waals surface area contributed by atoms with E-state index in [2.05, 4.69) is 20.4 Å². The van der Waals surface area contributed by atoms with Crippen LogP contribution in [0.2, 0.25) is 5.02 Å². The number of fused-ring (bicyclic) bond motifs is 1. The van der Waals surface area contributed by atoms with Crippen LogP contribution in [0.15, 0.2) is 24.3 Å². The van der Waals surface area contributed by atoms with Crippen molar-refractivity contribution in [3.05, 3.63) is 57.6 Å². The lowest BCUT2D eigenvalue weighted by molar-refractivity contribution is -0.144. The van der Waals surface area contributed by atoms with Gasteiger partial charge in [0, 0.05) is 22.0 Å². The summed E-state index contributed by atoms with van der Waals surface area (Å²) >= 11 is 5.91. The summed E-state index contributed by atoms with van der Waals surface area (Å²) in [5.41, 5.74) is 2.26. The summed E-state index contributed by atoms with van der Waals surface area (Å²) in [5, 5.41) is 7.05. The Morgan fingerprint density at radius 3 is 2.45 bits per heavy atom. The molecule has 0 saturated heterocycles. The molecule has 0 spiro atoms. The van der Waals surface area contributed by atoms with Crippen LogP contribution in [0.25, 0.3) is 5.78 Å². The number of benzene rings is 1. The van der Waals surface area contributed by atoms with Gasteiger partial charge in [-0.05, 0) is 38.0 Å². The van der Waals surface area contributed by atoms with Crippen LogP contribution in [0.1, 0.15) is 47.7 Å². The molecule has 1 atom stereocenters. The monoisotopic (exact) mass is 425 g/mol. The SMILES string of the molecule is CCC(NC(=O)Cc1c(C)nc2nc(C(F)(F)F)nn2c1C)c1ccc(Cl)cc1. The Bertz CT molecular complexity index is 1050. The van der Waals surface area contributed by atoms with Crippen LogP contribution < -0.4 is 5.32 Å². The maximum absolute atomic E-state index is 12.9. The number of alkyl halides is 3. The van der Waals surface area contributed by atoms with Crippen molar-refractivity contribution in [2.24, 2.45) is 0 Å². The van der Waals surface area contributed by atoms with E-state index in [-0.39, 0.29) is 24.1 Å². The number of carbonyl (C=O) groups is 1. The zero-order chi connectivity index (χ0) is 21.3. The van der Waals surface area contributed by atoms with E-state index in [1.807, 2.05) is 19.1 Å². The largest absolute Gasteiger partial charge is 0.453 e. The molecule has 3 aromatic rings. The summed E-state index contributed by atoms with van der Waals surface area (Å²) in [6, 6.07) is 6.98. The first-order valence-electron chi connectivity index (χ1n) is 8.95. The Morgan fingerprint density at radius 2 is 1.86 bits per heavy atom. The molecule has 6 nitrogen and oxygen atoms in total. The van der Waals surface area contributed by atoms with Gasteiger partial charge in [-0.3, -0.25) is 4.79 Å². The van der Waals surface area contributed by atoms with Gasteiger partial charge in [-0.2, -0.15) is 18.2 Å². The zero-order valence-electron chi connectivity index (χ0n) is 16.0. The van der Waals surface area contributed by atoms with E-state index in [0.717, 1.165) is 10.1 Å². The molecular formula is C19H19ClF3N5O. The molecule has 29 heavy (non-hydrogen) atoms. The van der Waals surface area contributed by atoms with Gasteiger partial charge in [0.05, 0.1) is 12.5 Å². The number of nitrogens with zero attached hydrogens (tertiary/aromatic N) is 4. The molecule has 154 valence electrons. The summed E-state index contributed by atoms with van der Waals surface area (Å²) in [7, 11) is 0. The number of nitrogens with one attached hydrogen (secondary N) is 1. The summed E-state index contributed by atoms with van der Waals surface area (Å²) in [4.78, 5) is 20.2. The third-order valence-corrected chi connectivity index (χ3v) is 4.91. The number of rotatable bonds is 5. The fraction of sp³-hybridized carbons (Fsp3) is 0.368. The molecule has 0 aliphatic carbocycles. The number of aromatic nitrogens is 4. The molecule has 0 fully saturated rings. The van der Waals surface area contributed by atoms with E-state index in [1.165, 1.54) is 0 Å². The summed E-state index contributed by atoms with van der Waals surface area (Å²) < 4.78 is 39.7. The molecule has 0 saturated carbocycles. The fourth-order valence-corrected chi connectivity index (χ4v) is 3.23. The van der Waals surface area contributed by atoms with Crippen molar-refractivity contribution in [1.29, 1.82) is 0 Å². The van der Waals surface area contributed by atoms with Crippen molar-refractivity contribution >= 4 is 23.3 Å². The van der Waals surface area contributed by atoms with Gasteiger partial charge < -0.3 is 5.32 Å². The standard InChI is InChI=1S/C19H19ClF3N5O/c1-4-15(12-5-7-13(20)8-6-12)25-16(29)9-14-10(2)24-18-26-17(19(21,22)23)27-28(18)11(14)3/h5-8,15H,4,9H2,1-3H3,(H,25,29). The number of carbonyl (C=O) groups excluding carboxylic acids is 1. The van der Waals surface area contributed by atoms with Crippen molar-refractivity contribution in [3.63, 3.8) is 0 Å². The minimum atomic E-state index is -4.67. The molecule has 10 heteroatoms. The van der Waals surface area contributed by atoms with Crippen LogP contribution in [0, 0.1) is 13.8 Å². The molecule has 1 amide bonds. The van der Waals surface area contributed by atoms with Crippen LogP contribution in [-0.4, -0.2) is 25.5 Å². The third-order valence-electron chi connectivity index (χ3n) is 4.66. The van der Waals surface area contributed by atoms with Crippen molar-refractivity contribution in [2.45, 2.75) is 45.8 Å². The molecule has 1 aromatic carbocycles. The molecule has 0 bridgehead atoms. The van der Waals surface area contributed by atoms with Crippen molar-refractivity contribution < 1.29 is 18.0 Å². The average molecular weight is 426 g/mol. The zero-order valence-corrected chi connectivity index (χ0v) is 16.8. The Kier molecular flexibility index (Phi) is 5.79. The maximum Gasteiger partial charge on any atom is 0.453 e. The third kappa shape index (κ3) is 4.50. The van der Waals surface area contributed by atoms with E-state index in [1.54, 1.807) is 26.0 Å². The molecular weight excluding hydrogens is 407 g/mol. The second kappa shape index (κ2) is 7.98. The van der Waals surface area contributed by atoms with Gasteiger partial charge >= 0.3 is 6.18 Å². The highest BCUT2D eigenvalue weighted by Gasteiger charge is 2.37. The Balaban J connectivity index is 1.85. The first-order chi connectivity index (χ1) is 13.6. The molecule has 1 unspecified atom stereocenters. The van der Waals surface area contributed by atoms with Gasteiger partial charge in [0.2, 0.25) is 5.91 Å². The topological polar surface area (TPSA) is 72.2 Å². The Labute approximate surface area is 170 Å². The number of hydrogen-bond donors (Lipinski definition) is 1. The number of hydrogen-bond acceptors (Lipinski definition) is 4. The quantitative estimate of drug-likeness (QED) is 0.664. The lowest BCUT2D eigenvalue weighted by Crippen LogP contribution is -2.30. The maximum atomic E-state index is 12.9. The summed E-state index contributed by atoms with van der Waals surface area (Å²) in [6.45, 7) is 5.17. The van der Waals surface area contributed by atoms with Crippen molar-refractivity contribution in [2.75, 3.05) is 0 Å². The average Bonchev–Trinajstić information content (AvgIpc) is 3.08. The number of aryl methyl sites for hydroxylation is 2. The first kappa shape index (κ1) is 21.0. The van der Waals surface area contributed by atoms with E-state index in [9.17, 15) is 18.0 Å². The fourth-order valence-electron chi connectivity index (χ4n) is 3.11. The van der Waals surface area contributed by atoms with Crippen LogP contribution in [0.3, 0.4) is 0 Å². The summed E-state index contributed by atoms with van der Waals surface area (Å²) in [6.07, 6.45) is -4.04. The minimum Gasteiger partial charge on any atom is -0.349 e. The van der Waals surface area contributed by atoms with E-state index >= 15 is 0 Å². The predicted molar refractivity (Wildman–Crippen MR) is 102 cm³/mol. The number of amides is 1. The van der Waals surface area contributed by atoms with E-state index in [4.69, 9.17) is 11.6 Å². The van der Waals surface area contributed by atoms with Gasteiger partial charge in [-0.25, -0.2) is 9.50 Å². The van der Waals surface area contributed by atoms with Crippen molar-refractivity contribution in [3.8, 4) is 0 Å². The van der Waals surface area contributed by atoms with Gasteiger partial charge in [-0.1, -0.05) is 30.7 Å². The second-order valence-electron chi connectivity index (χ2n) is 6.66. The Hall–Kier alpha value is -2.68. The normalized spacial score (nSPS) is 12.9. The molecule has 0 radical (unpaired) electrons. The van der Waals surface area contributed by atoms with Gasteiger partial charge in [0.25, 0.3) is 11.6 Å². The molecule has 1 N–H and O–H groups in total. The lowest BCUT2D eigenvalue weighted by atomic mass is 10.0. The second-order valence-corrected chi connectivity index (χ2v) is 7.10. The highest BCUT2D eigenvalue weighted by atomic mass is 35.5. The smallest absolute Gasteiger partial charge is 0.349 e. The van der Waals surface area contributed by atoms with Gasteiger partial charge in [0.15, 0.2) is 0 Å². The lowest BCUT2D eigenvalue weighted by Gasteiger charge is -2.18. The van der Waals surface area contributed by atoms with Crippen LogP contribution >= 0.6 is 11.6 Å². The van der Waals surface area contributed by atoms with Crippen LogP contribution in [-0.2, 0) is 17.4 Å². The highest BCUT2D eigenvalue weighted by molar-refractivity contribution is 6.30. The summed E-state index contributed by atoms with van der Waals surface area (Å²) in [5.74, 6) is -1.68. The van der Waals surface area contributed by atoms with Gasteiger partial charge in [0.1, 0.15) is 0 Å². The van der Waals surface area contributed by atoms with Crippen LogP contribution in [0.4, 0.5) is 13.2 Å². The molecule has 0 aliphatic rings. The minimum absolute atomic E-state index is 0.0358. The van der Waals surface area contributed by atoms with Gasteiger partial charge in [-0.15, -0.1) is 5.10 Å². The first-order valence-corrected chi connectivity index (χ1v) is 9.32. The van der Waals surface area contributed by atoms with Crippen LogP contribution in [0.5, 0.6) is 0 Å². The molecule has 3 rings (SSSR count). The predicted octanol–water partition coefficient (Wildman–Crippen LogP) is 4.22. The molecule has 2 aromatic heterocycles. The van der Waals surface area contributed by atoms with E-state index < -0.39 is 12.0 Å². The Morgan fingerprint density at radius 1 is 1.21 bits per heavy atom. The van der Waals surface area contributed by atoms with E-state index in [0.29, 0.717) is 28.4 Å². The van der Waals surface area contributed by atoms with Crippen molar-refractivity contribution in [1.82, 2.24) is 24.9 Å². The molecule has 0 aliphatic heterocycles. The number of halogens is 4. The highest BCUT2D eigenvalue weighted by Crippen LogP contribution is 2.27.